The number of rotatable bonds is 6. The van der Waals surface area contributed by atoms with E-state index in [2.05, 4.69) is 13.2 Å². The molecule has 0 radical (unpaired) electrons. The highest BCUT2D eigenvalue weighted by Gasteiger charge is 2.22. The van der Waals surface area contributed by atoms with Crippen molar-refractivity contribution in [3.8, 4) is 0 Å². The molecule has 0 unspecified atom stereocenters. The average Bonchev–Trinajstić information content (AvgIpc) is 2.98. The van der Waals surface area contributed by atoms with Crippen LogP contribution in [-0.4, -0.2) is 22.0 Å². The van der Waals surface area contributed by atoms with Crippen molar-refractivity contribution in [1.82, 2.24) is 9.55 Å². The zero-order valence-corrected chi connectivity index (χ0v) is 14.4. The molecule has 2 aromatic carbocycles. The van der Waals surface area contributed by atoms with Crippen LogP contribution in [-0.2, 0) is 6.54 Å². The second-order valence-corrected chi connectivity index (χ2v) is 5.87. The fourth-order valence-corrected chi connectivity index (χ4v) is 2.90. The molecule has 0 saturated carbocycles. The largest absolute Gasteiger partial charge is 0.306 e. The first-order valence-electron chi connectivity index (χ1n) is 8.21. The van der Waals surface area contributed by atoms with Gasteiger partial charge in [0, 0.05) is 18.7 Å². The van der Waals surface area contributed by atoms with Gasteiger partial charge >= 0.3 is 0 Å². The van der Waals surface area contributed by atoms with Crippen molar-refractivity contribution < 1.29 is 4.79 Å². The van der Waals surface area contributed by atoms with Crippen LogP contribution in [0.2, 0.25) is 0 Å². The minimum atomic E-state index is -0.0933. The average molecular weight is 331 g/mol. The van der Waals surface area contributed by atoms with E-state index in [9.17, 15) is 4.79 Å². The van der Waals surface area contributed by atoms with E-state index < -0.39 is 0 Å². The van der Waals surface area contributed by atoms with Gasteiger partial charge in [0.05, 0.1) is 11.0 Å². The van der Waals surface area contributed by atoms with Gasteiger partial charge in [-0.25, -0.2) is 4.98 Å². The number of aryl methyl sites for hydroxylation is 1. The molecule has 0 aliphatic rings. The van der Waals surface area contributed by atoms with Gasteiger partial charge in [0.25, 0.3) is 5.91 Å². The molecule has 1 heterocycles. The van der Waals surface area contributed by atoms with Crippen LogP contribution in [0.15, 0.2) is 73.8 Å². The van der Waals surface area contributed by atoms with Crippen molar-refractivity contribution in [2.75, 3.05) is 11.4 Å². The van der Waals surface area contributed by atoms with Crippen LogP contribution in [0, 0.1) is 6.92 Å². The number of hydrogen-bond acceptors (Lipinski definition) is 2. The van der Waals surface area contributed by atoms with Crippen molar-refractivity contribution in [3.63, 3.8) is 0 Å². The fourth-order valence-electron chi connectivity index (χ4n) is 2.90. The second-order valence-electron chi connectivity index (χ2n) is 5.87. The molecule has 0 saturated heterocycles. The predicted molar refractivity (Wildman–Crippen MR) is 103 cm³/mol. The summed E-state index contributed by atoms with van der Waals surface area (Å²) in [5, 5.41) is 0. The Kier molecular flexibility index (Phi) is 4.80. The molecular weight excluding hydrogens is 310 g/mol. The van der Waals surface area contributed by atoms with Crippen LogP contribution in [0.4, 0.5) is 5.95 Å². The van der Waals surface area contributed by atoms with Crippen LogP contribution < -0.4 is 4.90 Å². The third kappa shape index (κ3) is 3.24. The Labute approximate surface area is 147 Å². The van der Waals surface area contributed by atoms with Gasteiger partial charge in [0.15, 0.2) is 0 Å². The molecule has 25 heavy (non-hydrogen) atoms. The number of benzene rings is 2. The molecule has 3 rings (SSSR count). The first-order valence-corrected chi connectivity index (χ1v) is 8.21. The fraction of sp³-hybridized carbons (Fsp3) is 0.143. The number of nitrogens with zero attached hydrogens (tertiary/aromatic N) is 3. The standard InChI is InChI=1S/C21H21N3O/c1-4-13-23-19-12-7-6-11-18(19)22-21(23)24(14-5-2)20(25)17-10-8-9-16(3)15-17/h4-12,15H,1-2,13-14H2,3H3. The first-order chi connectivity index (χ1) is 12.2. The normalized spacial score (nSPS) is 10.6. The number of aromatic nitrogens is 2. The topological polar surface area (TPSA) is 38.1 Å². The molecule has 0 fully saturated rings. The maximum Gasteiger partial charge on any atom is 0.260 e. The molecule has 1 amide bonds. The lowest BCUT2D eigenvalue weighted by atomic mass is 10.1. The lowest BCUT2D eigenvalue weighted by molar-refractivity contribution is 0.0987. The highest BCUT2D eigenvalue weighted by Crippen LogP contribution is 2.24. The Morgan fingerprint density at radius 2 is 1.96 bits per heavy atom. The van der Waals surface area contributed by atoms with Gasteiger partial charge in [-0.2, -0.15) is 0 Å². The van der Waals surface area contributed by atoms with Crippen molar-refractivity contribution in [2.24, 2.45) is 0 Å². The monoisotopic (exact) mass is 331 g/mol. The smallest absolute Gasteiger partial charge is 0.260 e. The van der Waals surface area contributed by atoms with E-state index in [-0.39, 0.29) is 5.91 Å². The summed E-state index contributed by atoms with van der Waals surface area (Å²) in [5.74, 6) is 0.511. The summed E-state index contributed by atoms with van der Waals surface area (Å²) >= 11 is 0. The van der Waals surface area contributed by atoms with Crippen LogP contribution in [0.5, 0.6) is 0 Å². The Bertz CT molecular complexity index is 939. The lowest BCUT2D eigenvalue weighted by Gasteiger charge is -2.21. The lowest BCUT2D eigenvalue weighted by Crippen LogP contribution is -2.33. The number of fused-ring (bicyclic) bond motifs is 1. The zero-order chi connectivity index (χ0) is 17.8. The van der Waals surface area contributed by atoms with Gasteiger partial charge in [-0.05, 0) is 31.2 Å². The summed E-state index contributed by atoms with van der Waals surface area (Å²) in [4.78, 5) is 19.5. The van der Waals surface area contributed by atoms with Gasteiger partial charge < -0.3 is 4.57 Å². The summed E-state index contributed by atoms with van der Waals surface area (Å²) in [5.41, 5.74) is 3.51. The Morgan fingerprint density at radius 1 is 1.16 bits per heavy atom. The van der Waals surface area contributed by atoms with E-state index in [4.69, 9.17) is 4.98 Å². The molecule has 0 bridgehead atoms. The zero-order valence-electron chi connectivity index (χ0n) is 14.4. The summed E-state index contributed by atoms with van der Waals surface area (Å²) in [6.45, 7) is 10.6. The van der Waals surface area contributed by atoms with Gasteiger partial charge in [0.1, 0.15) is 0 Å². The SMILES string of the molecule is C=CCN(C(=O)c1cccc(C)c1)c1nc2ccccc2n1CC=C. The number of imidazole rings is 1. The number of para-hydroxylation sites is 2. The number of allylic oxidation sites excluding steroid dienone is 1. The summed E-state index contributed by atoms with van der Waals surface area (Å²) in [6.07, 6.45) is 3.52. The second kappa shape index (κ2) is 7.18. The maximum absolute atomic E-state index is 13.1. The number of carbonyl (C=O) groups excluding carboxylic acids is 1. The van der Waals surface area contributed by atoms with E-state index in [0.29, 0.717) is 24.6 Å². The van der Waals surface area contributed by atoms with Gasteiger partial charge in [-0.3, -0.25) is 9.69 Å². The van der Waals surface area contributed by atoms with Crippen LogP contribution >= 0.6 is 0 Å². The molecule has 0 spiro atoms. The molecule has 4 heteroatoms. The number of amides is 1. The van der Waals surface area contributed by atoms with Gasteiger partial charge in [-0.1, -0.05) is 42.0 Å². The number of hydrogen-bond donors (Lipinski definition) is 0. The predicted octanol–water partition coefficient (Wildman–Crippen LogP) is 4.36. The third-order valence-electron chi connectivity index (χ3n) is 4.01. The Morgan fingerprint density at radius 3 is 2.68 bits per heavy atom. The minimum absolute atomic E-state index is 0.0933. The minimum Gasteiger partial charge on any atom is -0.306 e. The molecule has 126 valence electrons. The third-order valence-corrected chi connectivity index (χ3v) is 4.01. The quantitative estimate of drug-likeness (QED) is 0.629. The maximum atomic E-state index is 13.1. The van der Waals surface area contributed by atoms with Crippen LogP contribution in [0.1, 0.15) is 15.9 Å². The van der Waals surface area contributed by atoms with E-state index in [1.165, 1.54) is 0 Å². The molecule has 0 atom stereocenters. The first kappa shape index (κ1) is 16.7. The Balaban J connectivity index is 2.13. The van der Waals surface area contributed by atoms with E-state index >= 15 is 0 Å². The summed E-state index contributed by atoms with van der Waals surface area (Å²) < 4.78 is 2.00. The van der Waals surface area contributed by atoms with E-state index in [1.54, 1.807) is 17.1 Å². The van der Waals surface area contributed by atoms with Crippen LogP contribution in [0.25, 0.3) is 11.0 Å². The Hall–Kier alpha value is -3.14. The highest BCUT2D eigenvalue weighted by molar-refractivity contribution is 6.06. The highest BCUT2D eigenvalue weighted by atomic mass is 16.2. The molecule has 1 aromatic heterocycles. The molecule has 0 aliphatic heterocycles. The van der Waals surface area contributed by atoms with Gasteiger partial charge in [0.2, 0.25) is 5.95 Å². The number of anilines is 1. The van der Waals surface area contributed by atoms with Gasteiger partial charge in [-0.15, -0.1) is 13.2 Å². The van der Waals surface area contributed by atoms with Crippen molar-refractivity contribution in [1.29, 1.82) is 0 Å². The van der Waals surface area contributed by atoms with Crippen molar-refractivity contribution in [3.05, 3.63) is 85.0 Å². The van der Waals surface area contributed by atoms with Crippen molar-refractivity contribution in [2.45, 2.75) is 13.5 Å². The summed E-state index contributed by atoms with van der Waals surface area (Å²) in [6, 6.07) is 15.4. The van der Waals surface area contributed by atoms with E-state index in [0.717, 1.165) is 16.6 Å². The molecule has 4 nitrogen and oxygen atoms in total. The summed E-state index contributed by atoms with van der Waals surface area (Å²) in [7, 11) is 0. The van der Waals surface area contributed by atoms with Crippen molar-refractivity contribution >= 4 is 22.9 Å². The molecule has 0 aliphatic carbocycles. The molecular formula is C21H21N3O. The van der Waals surface area contributed by atoms with Crippen LogP contribution in [0.3, 0.4) is 0 Å². The molecule has 3 aromatic rings. The molecule has 0 N–H and O–H groups in total. The number of carbonyl (C=O) groups is 1. The van der Waals surface area contributed by atoms with E-state index in [1.807, 2.05) is 60.0 Å².